The predicted octanol–water partition coefficient (Wildman–Crippen LogP) is 0.518. The van der Waals surface area contributed by atoms with Gasteiger partial charge in [0.15, 0.2) is 0 Å². The van der Waals surface area contributed by atoms with E-state index in [1.165, 1.54) is 60.8 Å². The van der Waals surface area contributed by atoms with Crippen LogP contribution < -0.4 is 24.8 Å². The molecule has 0 aliphatic heterocycles. The summed E-state index contributed by atoms with van der Waals surface area (Å²) in [6, 6.07) is 0. The van der Waals surface area contributed by atoms with E-state index in [2.05, 4.69) is 52.0 Å². The minimum absolute atomic E-state index is 0. The van der Waals surface area contributed by atoms with Crippen molar-refractivity contribution in [3.63, 3.8) is 0 Å². The number of halogens is 2. The molecule has 128 valence electrons. The first-order valence-corrected chi connectivity index (χ1v) is 8.22. The third-order valence-corrected chi connectivity index (χ3v) is 3.99. The Morgan fingerprint density at radius 3 is 1.35 bits per heavy atom. The SMILES string of the molecule is CCCCC1=CC[C-]=C1C.CCCCC1=CC[C-]=C1C.[Cl-].[Cl-].[Hf+4]. The number of rotatable bonds is 6. The molecule has 0 radical (unpaired) electrons. The van der Waals surface area contributed by atoms with Gasteiger partial charge in [-0.3, -0.25) is 12.2 Å². The zero-order chi connectivity index (χ0) is 14.8. The zero-order valence-corrected chi connectivity index (χ0v) is 20.2. The van der Waals surface area contributed by atoms with Gasteiger partial charge in [-0.15, -0.1) is 12.8 Å². The normalized spacial score (nSPS) is 14.8. The molecule has 0 nitrogen and oxygen atoms in total. The smallest absolute Gasteiger partial charge is 1.00 e. The van der Waals surface area contributed by atoms with Crippen LogP contribution in [0.2, 0.25) is 0 Å². The largest absolute Gasteiger partial charge is 4.00 e. The van der Waals surface area contributed by atoms with E-state index < -0.39 is 0 Å². The molecule has 0 saturated carbocycles. The van der Waals surface area contributed by atoms with Crippen molar-refractivity contribution in [2.75, 3.05) is 0 Å². The molecule has 2 aliphatic rings. The molecule has 0 saturated heterocycles. The maximum atomic E-state index is 3.30. The number of hydrogen-bond acceptors (Lipinski definition) is 0. The summed E-state index contributed by atoms with van der Waals surface area (Å²) in [7, 11) is 0. The van der Waals surface area contributed by atoms with Gasteiger partial charge in [0.05, 0.1) is 0 Å². The van der Waals surface area contributed by atoms with Crippen LogP contribution in [-0.2, 0) is 25.8 Å². The Morgan fingerprint density at radius 1 is 0.783 bits per heavy atom. The van der Waals surface area contributed by atoms with Crippen molar-refractivity contribution < 1.29 is 50.7 Å². The second-order valence-electron chi connectivity index (χ2n) is 5.68. The first kappa shape index (κ1) is 28.2. The molecule has 0 fully saturated rings. The topological polar surface area (TPSA) is 0 Å². The summed E-state index contributed by atoms with van der Waals surface area (Å²) in [5.41, 5.74) is 5.82. The zero-order valence-electron chi connectivity index (χ0n) is 15.1. The Morgan fingerprint density at radius 2 is 1.13 bits per heavy atom. The fourth-order valence-electron chi connectivity index (χ4n) is 2.50. The molecular formula is C20H30Cl2Hf. The molecule has 23 heavy (non-hydrogen) atoms. The molecule has 0 aromatic heterocycles. The molecule has 0 spiro atoms. The molecule has 0 heterocycles. The predicted molar refractivity (Wildman–Crippen MR) is 89.3 cm³/mol. The summed E-state index contributed by atoms with van der Waals surface area (Å²) in [5, 5.41) is 0. The second kappa shape index (κ2) is 17.2. The fraction of sp³-hybridized carbons (Fsp3) is 0.600. The Hall–Kier alpha value is 0.410. The van der Waals surface area contributed by atoms with Crippen LogP contribution in [0.5, 0.6) is 0 Å². The average Bonchev–Trinajstić information content (AvgIpc) is 3.04. The van der Waals surface area contributed by atoms with E-state index in [0.717, 1.165) is 12.8 Å². The van der Waals surface area contributed by atoms with E-state index in [1.54, 1.807) is 0 Å². The molecule has 3 heteroatoms. The van der Waals surface area contributed by atoms with Crippen LogP contribution in [-0.4, -0.2) is 0 Å². The van der Waals surface area contributed by atoms with E-state index in [9.17, 15) is 0 Å². The van der Waals surface area contributed by atoms with Crippen molar-refractivity contribution in [2.45, 2.75) is 79.1 Å². The second-order valence-corrected chi connectivity index (χ2v) is 5.68. The van der Waals surface area contributed by atoms with Gasteiger partial charge in [0, 0.05) is 0 Å². The minimum Gasteiger partial charge on any atom is -1.00 e. The van der Waals surface area contributed by atoms with Gasteiger partial charge >= 0.3 is 25.8 Å². The Balaban J connectivity index is -0.000000308. The van der Waals surface area contributed by atoms with Gasteiger partial charge < -0.3 is 24.8 Å². The molecular weight excluding hydrogens is 490 g/mol. The van der Waals surface area contributed by atoms with E-state index in [-0.39, 0.29) is 50.7 Å². The molecule has 0 N–H and O–H groups in total. The van der Waals surface area contributed by atoms with E-state index in [1.807, 2.05) is 0 Å². The van der Waals surface area contributed by atoms with Crippen molar-refractivity contribution in [2.24, 2.45) is 0 Å². The minimum atomic E-state index is 0. The molecule has 0 aromatic rings. The number of hydrogen-bond donors (Lipinski definition) is 0. The van der Waals surface area contributed by atoms with Crippen LogP contribution in [0.3, 0.4) is 0 Å². The standard InChI is InChI=1S/2C10H15.2ClH.Hf/c2*1-3-4-7-10-8-5-6-9(10)2;;;/h2*8H,3-5,7H2,1-2H3;2*1H;/q2*-1;;;+4/p-2. The first-order valence-electron chi connectivity index (χ1n) is 8.22. The summed E-state index contributed by atoms with van der Waals surface area (Å²) < 4.78 is 0. The molecule has 0 amide bonds. The third kappa shape index (κ3) is 11.6. The number of allylic oxidation sites excluding steroid dienone is 8. The van der Waals surface area contributed by atoms with Gasteiger partial charge in [0.1, 0.15) is 0 Å². The van der Waals surface area contributed by atoms with Gasteiger partial charge in [0.2, 0.25) is 0 Å². The van der Waals surface area contributed by atoms with Gasteiger partial charge in [-0.25, -0.2) is 11.1 Å². The summed E-state index contributed by atoms with van der Waals surface area (Å²) in [6.45, 7) is 8.79. The molecule has 0 bridgehead atoms. The maximum absolute atomic E-state index is 3.30. The van der Waals surface area contributed by atoms with Crippen molar-refractivity contribution in [3.8, 4) is 0 Å². The van der Waals surface area contributed by atoms with Crippen molar-refractivity contribution in [1.29, 1.82) is 0 Å². The summed E-state index contributed by atoms with van der Waals surface area (Å²) >= 11 is 0. The van der Waals surface area contributed by atoms with Gasteiger partial charge in [-0.2, -0.15) is 23.3 Å². The maximum Gasteiger partial charge on any atom is 4.00 e. The van der Waals surface area contributed by atoms with Crippen LogP contribution in [0.25, 0.3) is 0 Å². The molecule has 0 aromatic carbocycles. The van der Waals surface area contributed by atoms with Crippen LogP contribution >= 0.6 is 0 Å². The van der Waals surface area contributed by atoms with Crippen molar-refractivity contribution in [1.82, 2.24) is 0 Å². The molecule has 2 rings (SSSR count). The van der Waals surface area contributed by atoms with Gasteiger partial charge in [-0.05, 0) is 0 Å². The summed E-state index contributed by atoms with van der Waals surface area (Å²) in [5.74, 6) is 0. The van der Waals surface area contributed by atoms with Gasteiger partial charge in [-0.1, -0.05) is 66.2 Å². The van der Waals surface area contributed by atoms with E-state index in [0.29, 0.717) is 0 Å². The van der Waals surface area contributed by atoms with Gasteiger partial charge in [0.25, 0.3) is 0 Å². The average molecular weight is 520 g/mol. The van der Waals surface area contributed by atoms with E-state index in [4.69, 9.17) is 0 Å². The summed E-state index contributed by atoms with van der Waals surface area (Å²) in [4.78, 5) is 0. The Bertz CT molecular complexity index is 377. The van der Waals surface area contributed by atoms with Crippen LogP contribution in [0, 0.1) is 12.2 Å². The van der Waals surface area contributed by atoms with Crippen molar-refractivity contribution >= 4 is 0 Å². The van der Waals surface area contributed by atoms with Crippen molar-refractivity contribution in [3.05, 3.63) is 46.6 Å². The fourth-order valence-corrected chi connectivity index (χ4v) is 2.50. The Kier molecular flexibility index (Phi) is 21.2. The molecule has 0 atom stereocenters. The Labute approximate surface area is 175 Å². The third-order valence-electron chi connectivity index (χ3n) is 3.99. The van der Waals surface area contributed by atoms with E-state index >= 15 is 0 Å². The molecule has 0 unspecified atom stereocenters. The van der Waals surface area contributed by atoms with Crippen LogP contribution in [0.4, 0.5) is 0 Å². The first-order chi connectivity index (χ1) is 9.69. The molecule has 2 aliphatic carbocycles. The quantitative estimate of drug-likeness (QED) is 0.355. The number of unbranched alkanes of at least 4 members (excludes halogenated alkanes) is 2. The van der Waals surface area contributed by atoms with Crippen LogP contribution in [0.1, 0.15) is 79.1 Å². The summed E-state index contributed by atoms with van der Waals surface area (Å²) in [6.07, 6.45) is 21.1. The monoisotopic (exact) mass is 520 g/mol. The van der Waals surface area contributed by atoms with Crippen LogP contribution in [0.15, 0.2) is 34.4 Å².